The first-order valence-corrected chi connectivity index (χ1v) is 7.26. The Morgan fingerprint density at radius 1 is 1.26 bits per heavy atom. The van der Waals surface area contributed by atoms with E-state index < -0.39 is 10.8 Å². The average Bonchev–Trinajstić information content (AvgIpc) is 2.49. The van der Waals surface area contributed by atoms with Gasteiger partial charge in [0.15, 0.2) is 6.61 Å². The molecule has 0 aliphatic heterocycles. The van der Waals surface area contributed by atoms with E-state index in [1.54, 1.807) is 12.1 Å². The maximum absolute atomic E-state index is 11.9. The van der Waals surface area contributed by atoms with Crippen molar-refractivity contribution in [1.82, 2.24) is 0 Å². The smallest absolute Gasteiger partial charge is 0.289 e. The Hall–Kier alpha value is -2.31. The second-order valence-electron chi connectivity index (χ2n) is 4.64. The zero-order valence-electron chi connectivity index (χ0n) is 12.0. The number of nitrogens with one attached hydrogen (secondary N) is 1. The molecule has 23 heavy (non-hydrogen) atoms. The van der Waals surface area contributed by atoms with Crippen molar-refractivity contribution in [1.29, 1.82) is 0 Å². The third kappa shape index (κ3) is 4.34. The molecule has 0 unspecified atom stereocenters. The van der Waals surface area contributed by atoms with E-state index in [-0.39, 0.29) is 28.0 Å². The number of nitrogens with zero attached hydrogens (tertiary/aromatic N) is 1. The third-order valence-corrected chi connectivity index (χ3v) is 3.58. The summed E-state index contributed by atoms with van der Waals surface area (Å²) in [7, 11) is 0. The molecule has 0 heterocycles. The summed E-state index contributed by atoms with van der Waals surface area (Å²) in [5.41, 5.74) is 0.753. The number of aryl methyl sites for hydroxylation is 1. The van der Waals surface area contributed by atoms with Crippen LogP contribution in [0.15, 0.2) is 36.4 Å². The van der Waals surface area contributed by atoms with E-state index in [2.05, 4.69) is 5.32 Å². The molecule has 6 nitrogen and oxygen atoms in total. The summed E-state index contributed by atoms with van der Waals surface area (Å²) >= 11 is 11.7. The van der Waals surface area contributed by atoms with Crippen molar-refractivity contribution in [2.75, 3.05) is 11.9 Å². The molecule has 2 rings (SSSR count). The molecule has 8 heteroatoms. The lowest BCUT2D eigenvalue weighted by atomic mass is 10.2. The van der Waals surface area contributed by atoms with E-state index in [1.807, 2.05) is 19.1 Å². The van der Waals surface area contributed by atoms with Gasteiger partial charge in [0.05, 0.1) is 15.6 Å². The standard InChI is InChI=1S/C15H12Cl2N2O4/c1-9-4-2-3-5-14(9)23-8-15(20)18-12-6-11(17)13(19(21)22)7-10(12)16/h2-7H,8H2,1H3,(H,18,20). The molecule has 0 bridgehead atoms. The second kappa shape index (κ2) is 7.30. The first-order valence-electron chi connectivity index (χ1n) is 6.50. The molecule has 1 N–H and O–H groups in total. The van der Waals surface area contributed by atoms with Gasteiger partial charge in [-0.15, -0.1) is 0 Å². The van der Waals surface area contributed by atoms with E-state index in [4.69, 9.17) is 27.9 Å². The summed E-state index contributed by atoms with van der Waals surface area (Å²) in [4.78, 5) is 22.0. The van der Waals surface area contributed by atoms with E-state index in [1.165, 1.54) is 6.07 Å². The highest BCUT2D eigenvalue weighted by Crippen LogP contribution is 2.33. The van der Waals surface area contributed by atoms with E-state index >= 15 is 0 Å². The summed E-state index contributed by atoms with van der Waals surface area (Å²) in [5, 5.41) is 13.2. The van der Waals surface area contributed by atoms with Crippen LogP contribution in [0.3, 0.4) is 0 Å². The molecule has 0 aliphatic rings. The Kier molecular flexibility index (Phi) is 5.41. The van der Waals surface area contributed by atoms with Crippen LogP contribution in [0.2, 0.25) is 10.0 Å². The van der Waals surface area contributed by atoms with Gasteiger partial charge in [-0.3, -0.25) is 14.9 Å². The SMILES string of the molecule is Cc1ccccc1OCC(=O)Nc1cc(Cl)c([N+](=O)[O-])cc1Cl. The molecule has 0 saturated carbocycles. The predicted octanol–water partition coefficient (Wildman–Crippen LogP) is 4.23. The maximum Gasteiger partial charge on any atom is 0.289 e. The number of halogens is 2. The van der Waals surface area contributed by atoms with Crippen LogP contribution in [0.5, 0.6) is 5.75 Å². The molecule has 2 aromatic rings. The van der Waals surface area contributed by atoms with Gasteiger partial charge in [-0.2, -0.15) is 0 Å². The number of ether oxygens (including phenoxy) is 1. The molecule has 0 atom stereocenters. The highest BCUT2D eigenvalue weighted by Gasteiger charge is 2.17. The number of benzene rings is 2. The van der Waals surface area contributed by atoms with Gasteiger partial charge in [0.25, 0.3) is 11.6 Å². The minimum atomic E-state index is -0.652. The van der Waals surface area contributed by atoms with Gasteiger partial charge in [0.2, 0.25) is 0 Å². The van der Waals surface area contributed by atoms with Crippen LogP contribution in [-0.2, 0) is 4.79 Å². The van der Waals surface area contributed by atoms with Crippen molar-refractivity contribution < 1.29 is 14.5 Å². The van der Waals surface area contributed by atoms with Gasteiger partial charge in [-0.05, 0) is 24.6 Å². The molecule has 0 aliphatic carbocycles. The molecule has 0 radical (unpaired) electrons. The minimum Gasteiger partial charge on any atom is -0.483 e. The molecule has 1 amide bonds. The summed E-state index contributed by atoms with van der Waals surface area (Å²) in [6.45, 7) is 1.63. The number of anilines is 1. The van der Waals surface area contributed by atoms with Gasteiger partial charge in [0.1, 0.15) is 10.8 Å². The number of rotatable bonds is 5. The molecule has 0 saturated heterocycles. The fourth-order valence-corrected chi connectivity index (χ4v) is 2.26. The van der Waals surface area contributed by atoms with Gasteiger partial charge in [-0.25, -0.2) is 0 Å². The quantitative estimate of drug-likeness (QED) is 0.643. The predicted molar refractivity (Wildman–Crippen MR) is 88.4 cm³/mol. The summed E-state index contributed by atoms with van der Waals surface area (Å²) in [6.07, 6.45) is 0. The molecular weight excluding hydrogens is 343 g/mol. The summed E-state index contributed by atoms with van der Waals surface area (Å²) in [5.74, 6) is 0.135. The van der Waals surface area contributed by atoms with Crippen molar-refractivity contribution in [3.63, 3.8) is 0 Å². The van der Waals surface area contributed by atoms with Gasteiger partial charge in [0, 0.05) is 6.07 Å². The lowest BCUT2D eigenvalue weighted by Gasteiger charge is -2.10. The highest BCUT2D eigenvalue weighted by molar-refractivity contribution is 6.37. The fraction of sp³-hybridized carbons (Fsp3) is 0.133. The Bertz CT molecular complexity index is 765. The summed E-state index contributed by atoms with van der Waals surface area (Å²) < 4.78 is 5.41. The number of amides is 1. The Balaban J connectivity index is 2.05. The van der Waals surface area contributed by atoms with Crippen LogP contribution in [0.25, 0.3) is 0 Å². The van der Waals surface area contributed by atoms with E-state index in [9.17, 15) is 14.9 Å². The first kappa shape index (κ1) is 17.1. The average molecular weight is 355 g/mol. The highest BCUT2D eigenvalue weighted by atomic mass is 35.5. The van der Waals surface area contributed by atoms with Crippen molar-refractivity contribution in [3.8, 4) is 5.75 Å². The Labute approximate surface area is 142 Å². The maximum atomic E-state index is 11.9. The van der Waals surface area contributed by atoms with Gasteiger partial charge >= 0.3 is 0 Å². The minimum absolute atomic E-state index is 0.0188. The second-order valence-corrected chi connectivity index (χ2v) is 5.46. The molecule has 0 fully saturated rings. The van der Waals surface area contributed by atoms with Crippen LogP contribution in [0.1, 0.15) is 5.56 Å². The van der Waals surface area contributed by atoms with Crippen LogP contribution in [0, 0.1) is 17.0 Å². The third-order valence-electron chi connectivity index (χ3n) is 2.96. The van der Waals surface area contributed by atoms with Crippen LogP contribution >= 0.6 is 23.2 Å². The first-order chi connectivity index (χ1) is 10.9. The number of nitro groups is 1. The van der Waals surface area contributed by atoms with Gasteiger partial charge in [-0.1, -0.05) is 41.4 Å². The molecule has 0 spiro atoms. The number of carbonyl (C=O) groups is 1. The number of hydrogen-bond donors (Lipinski definition) is 1. The zero-order valence-corrected chi connectivity index (χ0v) is 13.5. The lowest BCUT2D eigenvalue weighted by molar-refractivity contribution is -0.384. The molecule has 120 valence electrons. The number of hydrogen-bond acceptors (Lipinski definition) is 4. The summed E-state index contributed by atoms with van der Waals surface area (Å²) in [6, 6.07) is 9.59. The Morgan fingerprint density at radius 2 is 1.96 bits per heavy atom. The zero-order chi connectivity index (χ0) is 17.0. The van der Waals surface area contributed by atoms with Gasteiger partial charge < -0.3 is 10.1 Å². The van der Waals surface area contributed by atoms with Crippen LogP contribution in [0.4, 0.5) is 11.4 Å². The van der Waals surface area contributed by atoms with Crippen molar-refractivity contribution >= 4 is 40.5 Å². The van der Waals surface area contributed by atoms with E-state index in [0.717, 1.165) is 11.6 Å². The molecule has 2 aromatic carbocycles. The topological polar surface area (TPSA) is 81.5 Å². The largest absolute Gasteiger partial charge is 0.483 e. The van der Waals surface area contributed by atoms with Crippen LogP contribution in [-0.4, -0.2) is 17.4 Å². The monoisotopic (exact) mass is 354 g/mol. The van der Waals surface area contributed by atoms with Crippen LogP contribution < -0.4 is 10.1 Å². The lowest BCUT2D eigenvalue weighted by Crippen LogP contribution is -2.20. The van der Waals surface area contributed by atoms with Crippen molar-refractivity contribution in [3.05, 3.63) is 62.1 Å². The Morgan fingerprint density at radius 3 is 2.61 bits per heavy atom. The molecular formula is C15H12Cl2N2O4. The number of nitro benzene ring substituents is 1. The number of para-hydroxylation sites is 1. The number of carbonyl (C=O) groups excluding carboxylic acids is 1. The fourth-order valence-electron chi connectivity index (χ4n) is 1.82. The van der Waals surface area contributed by atoms with Crippen molar-refractivity contribution in [2.45, 2.75) is 6.92 Å². The van der Waals surface area contributed by atoms with E-state index in [0.29, 0.717) is 5.75 Å². The molecule has 0 aromatic heterocycles. The normalized spacial score (nSPS) is 10.2. The van der Waals surface area contributed by atoms with Crippen molar-refractivity contribution in [2.24, 2.45) is 0 Å².